The maximum absolute atomic E-state index is 6.34. The van der Waals surface area contributed by atoms with Crippen LogP contribution >= 0.6 is 34.5 Å². The molecule has 19 heavy (non-hydrogen) atoms. The Bertz CT molecular complexity index is 610. The normalized spacial score (nSPS) is 12.5. The third-order valence-corrected chi connectivity index (χ3v) is 4.56. The average molecular weight is 316 g/mol. The second kappa shape index (κ2) is 5.71. The van der Waals surface area contributed by atoms with Crippen LogP contribution in [0.3, 0.4) is 0 Å². The third-order valence-electron chi connectivity index (χ3n) is 3.04. The summed E-state index contributed by atoms with van der Waals surface area (Å²) in [5.74, 6) is 0.781. The van der Waals surface area contributed by atoms with Crippen LogP contribution in [0.4, 0.5) is 0 Å². The van der Waals surface area contributed by atoms with Gasteiger partial charge in [-0.05, 0) is 37.1 Å². The van der Waals surface area contributed by atoms with Gasteiger partial charge in [0.15, 0.2) is 0 Å². The van der Waals surface area contributed by atoms with Crippen molar-refractivity contribution < 1.29 is 4.74 Å². The van der Waals surface area contributed by atoms with E-state index >= 15 is 0 Å². The largest absolute Gasteiger partial charge is 0.496 e. The molecule has 1 heterocycles. The number of aryl methyl sites for hydroxylation is 2. The maximum Gasteiger partial charge on any atom is 0.124 e. The van der Waals surface area contributed by atoms with E-state index < -0.39 is 0 Å². The van der Waals surface area contributed by atoms with Gasteiger partial charge in [-0.3, -0.25) is 0 Å². The zero-order valence-electron chi connectivity index (χ0n) is 11.0. The number of hydrogen-bond acceptors (Lipinski definition) is 3. The zero-order chi connectivity index (χ0) is 14.2. The third kappa shape index (κ3) is 2.90. The molecule has 1 atom stereocenters. The SMILES string of the molecule is COc1cc(C)cc(C)c1C(N)c1cc(Cl)sc1Cl. The molecule has 1 aromatic carbocycles. The second-order valence-corrected chi connectivity index (χ2v) is 6.74. The molecular formula is C14H15Cl2NOS. The van der Waals surface area contributed by atoms with Crippen LogP contribution in [-0.4, -0.2) is 7.11 Å². The van der Waals surface area contributed by atoms with Crippen molar-refractivity contribution in [2.75, 3.05) is 7.11 Å². The first-order chi connectivity index (χ1) is 8.93. The number of nitrogens with two attached hydrogens (primary N) is 1. The van der Waals surface area contributed by atoms with Gasteiger partial charge in [-0.25, -0.2) is 0 Å². The Morgan fingerprint density at radius 3 is 2.42 bits per heavy atom. The van der Waals surface area contributed by atoms with Crippen LogP contribution in [0, 0.1) is 13.8 Å². The monoisotopic (exact) mass is 315 g/mol. The molecule has 0 bridgehead atoms. The summed E-state index contributed by atoms with van der Waals surface area (Å²) in [7, 11) is 1.65. The molecule has 0 aliphatic carbocycles. The first kappa shape index (κ1) is 14.7. The minimum atomic E-state index is -0.341. The van der Waals surface area contributed by atoms with E-state index in [1.807, 2.05) is 26.0 Å². The number of halogens is 2. The smallest absolute Gasteiger partial charge is 0.124 e. The van der Waals surface area contributed by atoms with Gasteiger partial charge in [0.25, 0.3) is 0 Å². The molecule has 0 radical (unpaired) electrons. The maximum atomic E-state index is 6.34. The van der Waals surface area contributed by atoms with Gasteiger partial charge in [0.05, 0.1) is 21.8 Å². The predicted octanol–water partition coefficient (Wildman–Crippen LogP) is 4.73. The highest BCUT2D eigenvalue weighted by Crippen LogP contribution is 2.40. The second-order valence-electron chi connectivity index (χ2n) is 4.45. The highest BCUT2D eigenvalue weighted by molar-refractivity contribution is 7.20. The van der Waals surface area contributed by atoms with E-state index in [0.29, 0.717) is 8.67 Å². The lowest BCUT2D eigenvalue weighted by atomic mass is 9.95. The summed E-state index contributed by atoms with van der Waals surface area (Å²) in [6.07, 6.45) is 0. The lowest BCUT2D eigenvalue weighted by molar-refractivity contribution is 0.407. The minimum absolute atomic E-state index is 0.341. The van der Waals surface area contributed by atoms with E-state index in [2.05, 4.69) is 6.07 Å². The van der Waals surface area contributed by atoms with Crippen LogP contribution in [0.2, 0.25) is 8.67 Å². The molecule has 0 amide bonds. The van der Waals surface area contributed by atoms with Crippen molar-refractivity contribution in [2.45, 2.75) is 19.9 Å². The van der Waals surface area contributed by atoms with Gasteiger partial charge in [-0.2, -0.15) is 0 Å². The molecule has 102 valence electrons. The van der Waals surface area contributed by atoms with Crippen molar-refractivity contribution in [3.05, 3.63) is 49.1 Å². The summed E-state index contributed by atoms with van der Waals surface area (Å²) in [6, 6.07) is 5.54. The summed E-state index contributed by atoms with van der Waals surface area (Å²) in [4.78, 5) is 0. The Kier molecular flexibility index (Phi) is 4.41. The first-order valence-electron chi connectivity index (χ1n) is 5.79. The molecule has 0 spiro atoms. The van der Waals surface area contributed by atoms with Crippen LogP contribution in [0.5, 0.6) is 5.75 Å². The van der Waals surface area contributed by atoms with Gasteiger partial charge in [0.2, 0.25) is 0 Å². The lowest BCUT2D eigenvalue weighted by Crippen LogP contribution is -2.14. The standard InChI is InChI=1S/C14H15Cl2NOS/c1-7-4-8(2)12(10(5-7)18-3)13(17)9-6-11(15)19-14(9)16/h4-6,13H,17H2,1-3H3. The molecule has 0 saturated carbocycles. The predicted molar refractivity (Wildman–Crippen MR) is 82.8 cm³/mol. The van der Waals surface area contributed by atoms with E-state index in [-0.39, 0.29) is 6.04 Å². The fraction of sp³-hybridized carbons (Fsp3) is 0.286. The number of benzene rings is 1. The Morgan fingerprint density at radius 2 is 1.89 bits per heavy atom. The van der Waals surface area contributed by atoms with Crippen LogP contribution in [0.15, 0.2) is 18.2 Å². The van der Waals surface area contributed by atoms with E-state index in [0.717, 1.165) is 28.0 Å². The highest BCUT2D eigenvalue weighted by atomic mass is 35.5. The topological polar surface area (TPSA) is 35.2 Å². The van der Waals surface area contributed by atoms with E-state index in [1.54, 1.807) is 7.11 Å². The van der Waals surface area contributed by atoms with Crippen molar-refractivity contribution in [2.24, 2.45) is 5.73 Å². The van der Waals surface area contributed by atoms with Crippen LogP contribution < -0.4 is 10.5 Å². The Hall–Kier alpha value is -0.740. The summed E-state index contributed by atoms with van der Waals surface area (Å²) in [5.41, 5.74) is 10.3. The van der Waals surface area contributed by atoms with Gasteiger partial charge in [0, 0.05) is 11.1 Å². The molecule has 2 N–H and O–H groups in total. The summed E-state index contributed by atoms with van der Waals surface area (Å²) in [6.45, 7) is 4.05. The Labute approximate surface area is 127 Å². The number of thiophene rings is 1. The molecule has 2 aromatic rings. The Balaban J connectivity index is 2.55. The van der Waals surface area contributed by atoms with Crippen LogP contribution in [0.25, 0.3) is 0 Å². The van der Waals surface area contributed by atoms with Gasteiger partial charge in [-0.1, -0.05) is 29.3 Å². The van der Waals surface area contributed by atoms with Gasteiger partial charge >= 0.3 is 0 Å². The molecule has 1 unspecified atom stereocenters. The quantitative estimate of drug-likeness (QED) is 0.888. The van der Waals surface area contributed by atoms with Gasteiger partial charge < -0.3 is 10.5 Å². The number of ether oxygens (including phenoxy) is 1. The highest BCUT2D eigenvalue weighted by Gasteiger charge is 2.21. The average Bonchev–Trinajstić information content (AvgIpc) is 2.66. The minimum Gasteiger partial charge on any atom is -0.496 e. The van der Waals surface area contributed by atoms with Crippen LogP contribution in [-0.2, 0) is 0 Å². The molecule has 5 heteroatoms. The molecule has 2 rings (SSSR count). The molecule has 0 fully saturated rings. The van der Waals surface area contributed by atoms with Crippen molar-refractivity contribution in [3.8, 4) is 5.75 Å². The molecule has 0 saturated heterocycles. The van der Waals surface area contributed by atoms with Crippen molar-refractivity contribution in [3.63, 3.8) is 0 Å². The van der Waals surface area contributed by atoms with Crippen molar-refractivity contribution in [1.82, 2.24) is 0 Å². The molecule has 0 aliphatic heterocycles. The Morgan fingerprint density at radius 1 is 1.21 bits per heavy atom. The number of methoxy groups -OCH3 is 1. The zero-order valence-corrected chi connectivity index (χ0v) is 13.3. The summed E-state index contributed by atoms with van der Waals surface area (Å²) in [5, 5.41) is 0. The van der Waals surface area contributed by atoms with Crippen molar-refractivity contribution in [1.29, 1.82) is 0 Å². The van der Waals surface area contributed by atoms with Gasteiger partial charge in [-0.15, -0.1) is 11.3 Å². The number of hydrogen-bond donors (Lipinski definition) is 1. The first-order valence-corrected chi connectivity index (χ1v) is 7.36. The van der Waals surface area contributed by atoms with E-state index in [1.165, 1.54) is 11.3 Å². The van der Waals surface area contributed by atoms with Crippen molar-refractivity contribution >= 4 is 34.5 Å². The van der Waals surface area contributed by atoms with Crippen LogP contribution in [0.1, 0.15) is 28.3 Å². The summed E-state index contributed by atoms with van der Waals surface area (Å²) >= 11 is 13.5. The fourth-order valence-corrected chi connectivity index (χ4v) is 3.78. The van der Waals surface area contributed by atoms with E-state index in [9.17, 15) is 0 Å². The molecule has 0 aliphatic rings. The molecule has 1 aromatic heterocycles. The lowest BCUT2D eigenvalue weighted by Gasteiger charge is -2.19. The molecular weight excluding hydrogens is 301 g/mol. The van der Waals surface area contributed by atoms with E-state index in [4.69, 9.17) is 33.7 Å². The fourth-order valence-electron chi connectivity index (χ4n) is 2.23. The summed E-state index contributed by atoms with van der Waals surface area (Å²) < 4.78 is 6.71. The molecule has 2 nitrogen and oxygen atoms in total. The van der Waals surface area contributed by atoms with Gasteiger partial charge in [0.1, 0.15) is 5.75 Å². The number of rotatable bonds is 3.